The fourth-order valence-corrected chi connectivity index (χ4v) is 0.996. The summed E-state index contributed by atoms with van der Waals surface area (Å²) < 4.78 is 0. The van der Waals surface area contributed by atoms with Gasteiger partial charge in [0.05, 0.1) is 0 Å². The lowest BCUT2D eigenvalue weighted by molar-refractivity contribution is 0.243. The fourth-order valence-electron chi connectivity index (χ4n) is 0.996. The molecule has 0 aromatic carbocycles. The Morgan fingerprint density at radius 2 is 2.31 bits per heavy atom. The maximum Gasteiger partial charge on any atom is 0.337 e. The van der Waals surface area contributed by atoms with Crippen LogP contribution in [0, 0.1) is 0 Å². The van der Waals surface area contributed by atoms with E-state index in [0.29, 0.717) is 5.82 Å². The number of aromatic nitrogens is 1. The monoisotopic (exact) mass is 176 g/mol. The highest BCUT2D eigenvalue weighted by Gasteiger charge is 2.10. The summed E-state index contributed by atoms with van der Waals surface area (Å²) in [4.78, 5) is 15.0. The first-order chi connectivity index (χ1) is 6.36. The number of rotatable bonds is 1. The van der Waals surface area contributed by atoms with Gasteiger partial charge in [-0.25, -0.2) is 20.2 Å². The molecule has 0 saturated carbocycles. The molecule has 0 saturated heterocycles. The van der Waals surface area contributed by atoms with E-state index in [1.807, 2.05) is 12.1 Å². The molecule has 0 fully saturated rings. The van der Waals surface area contributed by atoms with Gasteiger partial charge in [0.25, 0.3) is 0 Å². The molecule has 0 radical (unpaired) electrons. The molecule has 0 bridgehead atoms. The zero-order chi connectivity index (χ0) is 9.10. The number of carbonyl (C=O) groups is 1. The Morgan fingerprint density at radius 3 is 3.00 bits per heavy atom. The first-order valence-corrected chi connectivity index (χ1v) is 3.80. The molecule has 1 aliphatic rings. The Labute approximate surface area is 75.0 Å². The topological polar surface area (TPSA) is 57.3 Å². The molecule has 66 valence electrons. The Kier molecular flexibility index (Phi) is 1.84. The number of carbonyl (C=O) groups excluding carboxylic acids is 1. The van der Waals surface area contributed by atoms with Gasteiger partial charge in [-0.1, -0.05) is 6.07 Å². The molecule has 0 spiro atoms. The molecule has 13 heavy (non-hydrogen) atoms. The molecular formula is C8H8N4O. The van der Waals surface area contributed by atoms with E-state index in [9.17, 15) is 4.79 Å². The maximum absolute atomic E-state index is 10.9. The number of nitrogens with one attached hydrogen (secondary N) is 2. The third-order valence-corrected chi connectivity index (χ3v) is 1.56. The van der Waals surface area contributed by atoms with Gasteiger partial charge in [0.15, 0.2) is 5.82 Å². The average molecular weight is 176 g/mol. The molecule has 2 rings (SSSR count). The minimum Gasteiger partial charge on any atom is -0.312 e. The normalized spacial score (nSPS) is 15.1. The SMILES string of the molecule is O=C1NC=CN(c2ccccn2)N1. The van der Waals surface area contributed by atoms with E-state index < -0.39 is 0 Å². The minimum atomic E-state index is -0.270. The van der Waals surface area contributed by atoms with Crippen molar-refractivity contribution in [3.63, 3.8) is 0 Å². The Hall–Kier alpha value is -2.04. The highest BCUT2D eigenvalue weighted by atomic mass is 16.2. The van der Waals surface area contributed by atoms with Crippen molar-refractivity contribution in [1.29, 1.82) is 0 Å². The molecule has 2 amide bonds. The van der Waals surface area contributed by atoms with Gasteiger partial charge < -0.3 is 5.32 Å². The van der Waals surface area contributed by atoms with Gasteiger partial charge >= 0.3 is 6.03 Å². The summed E-state index contributed by atoms with van der Waals surface area (Å²) in [5, 5.41) is 4.02. The van der Waals surface area contributed by atoms with Crippen LogP contribution in [0.5, 0.6) is 0 Å². The van der Waals surface area contributed by atoms with Crippen LogP contribution in [-0.4, -0.2) is 11.0 Å². The standard InChI is InChI=1S/C8H8N4O/c13-8-10-5-6-12(11-8)7-3-1-2-4-9-7/h1-6H,(H2,10,11,13). The number of urea groups is 1. The minimum absolute atomic E-state index is 0.270. The van der Waals surface area contributed by atoms with Crippen molar-refractivity contribution in [1.82, 2.24) is 15.7 Å². The fraction of sp³-hybridized carbons (Fsp3) is 0. The van der Waals surface area contributed by atoms with E-state index in [1.54, 1.807) is 29.7 Å². The van der Waals surface area contributed by atoms with Crippen LogP contribution in [0.25, 0.3) is 0 Å². The highest BCUT2D eigenvalue weighted by molar-refractivity contribution is 5.78. The maximum atomic E-state index is 10.9. The summed E-state index contributed by atoms with van der Waals surface area (Å²) in [5.74, 6) is 0.675. The van der Waals surface area contributed by atoms with E-state index in [-0.39, 0.29) is 6.03 Å². The molecule has 0 unspecified atom stereocenters. The molecule has 0 aliphatic carbocycles. The predicted molar refractivity (Wildman–Crippen MR) is 47.5 cm³/mol. The lowest BCUT2D eigenvalue weighted by Gasteiger charge is -2.22. The first-order valence-electron chi connectivity index (χ1n) is 3.80. The van der Waals surface area contributed by atoms with Gasteiger partial charge in [-0.15, -0.1) is 0 Å². The van der Waals surface area contributed by atoms with Gasteiger partial charge in [-0.2, -0.15) is 0 Å². The third-order valence-electron chi connectivity index (χ3n) is 1.56. The van der Waals surface area contributed by atoms with Crippen LogP contribution in [0.2, 0.25) is 0 Å². The van der Waals surface area contributed by atoms with E-state index >= 15 is 0 Å². The van der Waals surface area contributed by atoms with E-state index in [0.717, 1.165) is 0 Å². The Balaban J connectivity index is 2.22. The van der Waals surface area contributed by atoms with Gasteiger partial charge in [0, 0.05) is 18.6 Å². The number of hydrogen-bond donors (Lipinski definition) is 2. The van der Waals surface area contributed by atoms with Crippen LogP contribution < -0.4 is 15.8 Å². The van der Waals surface area contributed by atoms with Gasteiger partial charge in [-0.05, 0) is 12.1 Å². The highest BCUT2D eigenvalue weighted by Crippen LogP contribution is 2.07. The van der Waals surface area contributed by atoms with E-state index in [1.165, 1.54) is 0 Å². The largest absolute Gasteiger partial charge is 0.337 e. The number of pyridine rings is 1. The number of amides is 2. The first kappa shape index (κ1) is 7.60. The molecule has 1 aromatic heterocycles. The third kappa shape index (κ3) is 1.58. The summed E-state index contributed by atoms with van der Waals surface area (Å²) in [5.41, 5.74) is 2.57. The van der Waals surface area contributed by atoms with Crippen LogP contribution in [-0.2, 0) is 0 Å². The molecule has 1 aliphatic heterocycles. The van der Waals surface area contributed by atoms with Crippen molar-refractivity contribution in [2.75, 3.05) is 5.01 Å². The zero-order valence-corrected chi connectivity index (χ0v) is 6.77. The van der Waals surface area contributed by atoms with Crippen LogP contribution in [0.15, 0.2) is 36.8 Å². The number of hydrazine groups is 1. The van der Waals surface area contributed by atoms with Crippen molar-refractivity contribution in [3.05, 3.63) is 36.8 Å². The second-order valence-electron chi connectivity index (χ2n) is 2.46. The summed E-state index contributed by atoms with van der Waals surface area (Å²) in [7, 11) is 0. The molecule has 2 N–H and O–H groups in total. The van der Waals surface area contributed by atoms with Crippen LogP contribution >= 0.6 is 0 Å². The molecule has 0 atom stereocenters. The van der Waals surface area contributed by atoms with Crippen LogP contribution in [0.1, 0.15) is 0 Å². The molecule has 5 heteroatoms. The van der Waals surface area contributed by atoms with Gasteiger partial charge in [0.2, 0.25) is 0 Å². The van der Waals surface area contributed by atoms with Crippen LogP contribution in [0.3, 0.4) is 0 Å². The van der Waals surface area contributed by atoms with Crippen molar-refractivity contribution >= 4 is 11.8 Å². The molecular weight excluding hydrogens is 168 g/mol. The Morgan fingerprint density at radius 1 is 1.38 bits per heavy atom. The predicted octanol–water partition coefficient (Wildman–Crippen LogP) is 0.587. The van der Waals surface area contributed by atoms with Crippen molar-refractivity contribution in [2.24, 2.45) is 0 Å². The van der Waals surface area contributed by atoms with Crippen molar-refractivity contribution in [3.8, 4) is 0 Å². The summed E-state index contributed by atoms with van der Waals surface area (Å²) in [6.07, 6.45) is 4.90. The molecule has 5 nitrogen and oxygen atoms in total. The number of anilines is 1. The summed E-state index contributed by atoms with van der Waals surface area (Å²) in [6, 6.07) is 5.20. The second kappa shape index (κ2) is 3.14. The van der Waals surface area contributed by atoms with Crippen LogP contribution in [0.4, 0.5) is 10.6 Å². The quantitative estimate of drug-likeness (QED) is 0.658. The van der Waals surface area contributed by atoms with E-state index in [4.69, 9.17) is 0 Å². The number of hydrogen-bond acceptors (Lipinski definition) is 3. The van der Waals surface area contributed by atoms with Crippen molar-refractivity contribution in [2.45, 2.75) is 0 Å². The van der Waals surface area contributed by atoms with Crippen molar-refractivity contribution < 1.29 is 4.79 Å². The van der Waals surface area contributed by atoms with Gasteiger partial charge in [0.1, 0.15) is 0 Å². The second-order valence-corrected chi connectivity index (χ2v) is 2.46. The lowest BCUT2D eigenvalue weighted by Crippen LogP contribution is -2.47. The smallest absolute Gasteiger partial charge is 0.312 e. The lowest BCUT2D eigenvalue weighted by atomic mass is 10.4. The summed E-state index contributed by atoms with van der Waals surface area (Å²) >= 11 is 0. The van der Waals surface area contributed by atoms with E-state index in [2.05, 4.69) is 15.7 Å². The average Bonchev–Trinajstić information content (AvgIpc) is 2.19. The Bertz CT molecular complexity index is 335. The van der Waals surface area contributed by atoms with Gasteiger partial charge in [-0.3, -0.25) is 0 Å². The zero-order valence-electron chi connectivity index (χ0n) is 6.77. The molecule has 1 aromatic rings. The summed E-state index contributed by atoms with van der Waals surface area (Å²) in [6.45, 7) is 0. The molecule has 2 heterocycles. The number of nitrogens with zero attached hydrogens (tertiary/aromatic N) is 2.